The third-order valence-corrected chi connectivity index (χ3v) is 5.90. The molecule has 4 rings (SSSR count). The Morgan fingerprint density at radius 3 is 2.09 bits per heavy atom. The Balaban J connectivity index is 1.56. The quantitative estimate of drug-likeness (QED) is 0.342. The monoisotopic (exact) mass is 471 g/mol. The highest BCUT2D eigenvalue weighted by atomic mass is 32.2. The normalized spacial score (nSPS) is 10.8. The Labute approximate surface area is 202 Å². The van der Waals surface area contributed by atoms with Crippen molar-refractivity contribution < 1.29 is 9.59 Å². The predicted molar refractivity (Wildman–Crippen MR) is 136 cm³/mol. The summed E-state index contributed by atoms with van der Waals surface area (Å²) in [6.07, 6.45) is 0. The molecule has 0 saturated carbocycles. The van der Waals surface area contributed by atoms with Gasteiger partial charge in [0.25, 0.3) is 0 Å². The van der Waals surface area contributed by atoms with Gasteiger partial charge in [0.1, 0.15) is 0 Å². The molecule has 0 atom stereocenters. The van der Waals surface area contributed by atoms with E-state index in [0.717, 1.165) is 22.6 Å². The molecule has 1 heterocycles. The van der Waals surface area contributed by atoms with Crippen LogP contribution in [0.4, 0.5) is 11.4 Å². The number of benzene rings is 3. The number of thioether (sulfide) groups is 1. The van der Waals surface area contributed by atoms with Crippen LogP contribution in [-0.4, -0.2) is 32.3 Å². The molecule has 4 aromatic rings. The average molecular weight is 472 g/mol. The Morgan fingerprint density at radius 2 is 1.44 bits per heavy atom. The van der Waals surface area contributed by atoms with Crippen LogP contribution in [0.3, 0.4) is 0 Å². The number of nitrogens with zero attached hydrogens (tertiary/aromatic N) is 3. The number of nitrogens with one attached hydrogen (secondary N) is 2. The molecule has 0 fully saturated rings. The third-order valence-electron chi connectivity index (χ3n) is 4.97. The number of para-hydroxylation sites is 2. The SMILES string of the molecule is CC(C)C(=O)Nc1ccc(-c2nnc(SCC(=O)Nc3ccccc3)n2-c2ccccc2)cc1. The van der Waals surface area contributed by atoms with Gasteiger partial charge < -0.3 is 10.6 Å². The first-order valence-electron chi connectivity index (χ1n) is 10.9. The number of anilines is 2. The fourth-order valence-electron chi connectivity index (χ4n) is 3.20. The second-order valence-electron chi connectivity index (χ2n) is 7.90. The Morgan fingerprint density at radius 1 is 0.824 bits per heavy atom. The highest BCUT2D eigenvalue weighted by Crippen LogP contribution is 2.29. The van der Waals surface area contributed by atoms with Gasteiger partial charge in [0.05, 0.1) is 5.75 Å². The maximum Gasteiger partial charge on any atom is 0.234 e. The number of amides is 2. The van der Waals surface area contributed by atoms with Crippen LogP contribution < -0.4 is 10.6 Å². The van der Waals surface area contributed by atoms with E-state index in [2.05, 4.69) is 20.8 Å². The van der Waals surface area contributed by atoms with Crippen LogP contribution in [0.5, 0.6) is 0 Å². The Bertz CT molecular complexity index is 1260. The van der Waals surface area contributed by atoms with Crippen LogP contribution in [0.2, 0.25) is 0 Å². The van der Waals surface area contributed by atoms with E-state index in [9.17, 15) is 9.59 Å². The molecule has 2 N–H and O–H groups in total. The predicted octanol–water partition coefficient (Wildman–Crippen LogP) is 5.26. The maximum absolute atomic E-state index is 12.5. The van der Waals surface area contributed by atoms with Gasteiger partial charge in [0.15, 0.2) is 11.0 Å². The van der Waals surface area contributed by atoms with Crippen molar-refractivity contribution in [1.82, 2.24) is 14.8 Å². The summed E-state index contributed by atoms with van der Waals surface area (Å²) in [4.78, 5) is 24.4. The number of carbonyl (C=O) groups is 2. The van der Waals surface area contributed by atoms with Gasteiger partial charge in [-0.15, -0.1) is 10.2 Å². The van der Waals surface area contributed by atoms with Gasteiger partial charge >= 0.3 is 0 Å². The van der Waals surface area contributed by atoms with E-state index in [1.54, 1.807) is 0 Å². The highest BCUT2D eigenvalue weighted by Gasteiger charge is 2.17. The smallest absolute Gasteiger partial charge is 0.234 e. The van der Waals surface area contributed by atoms with Crippen molar-refractivity contribution in [1.29, 1.82) is 0 Å². The third kappa shape index (κ3) is 5.71. The summed E-state index contributed by atoms with van der Waals surface area (Å²) in [6.45, 7) is 3.71. The molecule has 34 heavy (non-hydrogen) atoms. The van der Waals surface area contributed by atoms with Gasteiger partial charge in [-0.05, 0) is 48.5 Å². The number of carbonyl (C=O) groups excluding carboxylic acids is 2. The Kier molecular flexibility index (Phi) is 7.39. The summed E-state index contributed by atoms with van der Waals surface area (Å²) >= 11 is 1.32. The lowest BCUT2D eigenvalue weighted by molar-refractivity contribution is -0.119. The minimum absolute atomic E-state index is 0.0346. The first-order valence-corrected chi connectivity index (χ1v) is 11.9. The lowest BCUT2D eigenvalue weighted by Crippen LogP contribution is -2.17. The molecule has 1 aromatic heterocycles. The van der Waals surface area contributed by atoms with E-state index >= 15 is 0 Å². The summed E-state index contributed by atoms with van der Waals surface area (Å²) < 4.78 is 1.93. The second-order valence-corrected chi connectivity index (χ2v) is 8.84. The zero-order valence-electron chi connectivity index (χ0n) is 18.9. The minimum Gasteiger partial charge on any atom is -0.326 e. The van der Waals surface area contributed by atoms with Gasteiger partial charge in [-0.25, -0.2) is 0 Å². The minimum atomic E-state index is -0.120. The van der Waals surface area contributed by atoms with Gasteiger partial charge in [0.2, 0.25) is 11.8 Å². The van der Waals surface area contributed by atoms with E-state index in [4.69, 9.17) is 0 Å². The van der Waals surface area contributed by atoms with Crippen molar-refractivity contribution in [3.05, 3.63) is 84.9 Å². The zero-order chi connectivity index (χ0) is 23.9. The summed E-state index contributed by atoms with van der Waals surface area (Å²) in [7, 11) is 0. The molecule has 0 aliphatic carbocycles. The lowest BCUT2D eigenvalue weighted by Gasteiger charge is -2.11. The highest BCUT2D eigenvalue weighted by molar-refractivity contribution is 7.99. The first-order chi connectivity index (χ1) is 16.5. The van der Waals surface area contributed by atoms with Crippen molar-refractivity contribution in [3.8, 4) is 17.1 Å². The molecule has 0 unspecified atom stereocenters. The summed E-state index contributed by atoms with van der Waals surface area (Å²) in [5.41, 5.74) is 3.22. The molecule has 0 aliphatic rings. The summed E-state index contributed by atoms with van der Waals surface area (Å²) in [6, 6.07) is 26.6. The molecule has 8 heteroatoms. The van der Waals surface area contributed by atoms with Crippen molar-refractivity contribution in [3.63, 3.8) is 0 Å². The second kappa shape index (κ2) is 10.8. The molecule has 2 amide bonds. The average Bonchev–Trinajstić information content (AvgIpc) is 3.28. The van der Waals surface area contributed by atoms with Crippen molar-refractivity contribution >= 4 is 35.0 Å². The topological polar surface area (TPSA) is 88.9 Å². The van der Waals surface area contributed by atoms with Crippen LogP contribution in [-0.2, 0) is 9.59 Å². The molecule has 172 valence electrons. The maximum atomic E-state index is 12.5. The van der Waals surface area contributed by atoms with Crippen LogP contribution >= 0.6 is 11.8 Å². The molecular formula is C26H25N5O2S. The van der Waals surface area contributed by atoms with Crippen LogP contribution in [0.25, 0.3) is 17.1 Å². The molecule has 0 spiro atoms. The molecular weight excluding hydrogens is 446 g/mol. The number of hydrogen-bond acceptors (Lipinski definition) is 5. The van der Waals surface area contributed by atoms with Gasteiger partial charge in [-0.3, -0.25) is 14.2 Å². The van der Waals surface area contributed by atoms with Gasteiger partial charge in [-0.1, -0.05) is 62.0 Å². The Hall–Kier alpha value is -3.91. The molecule has 0 saturated heterocycles. The largest absolute Gasteiger partial charge is 0.326 e. The summed E-state index contributed by atoms with van der Waals surface area (Å²) in [5, 5.41) is 15.2. The van der Waals surface area contributed by atoms with Gasteiger partial charge in [0, 0.05) is 28.5 Å². The summed E-state index contributed by atoms with van der Waals surface area (Å²) in [5.74, 6) is 0.594. The number of rotatable bonds is 8. The van der Waals surface area contributed by atoms with E-state index in [0.29, 0.717) is 11.0 Å². The van der Waals surface area contributed by atoms with Crippen LogP contribution in [0.1, 0.15) is 13.8 Å². The van der Waals surface area contributed by atoms with Crippen molar-refractivity contribution in [2.24, 2.45) is 5.92 Å². The van der Waals surface area contributed by atoms with Crippen molar-refractivity contribution in [2.45, 2.75) is 19.0 Å². The van der Waals surface area contributed by atoms with Crippen LogP contribution in [0.15, 0.2) is 90.1 Å². The lowest BCUT2D eigenvalue weighted by atomic mass is 10.1. The number of aromatic nitrogens is 3. The van der Waals surface area contributed by atoms with E-state index in [1.165, 1.54) is 11.8 Å². The van der Waals surface area contributed by atoms with Gasteiger partial charge in [-0.2, -0.15) is 0 Å². The van der Waals surface area contributed by atoms with Crippen LogP contribution in [0, 0.1) is 5.92 Å². The molecule has 3 aromatic carbocycles. The molecule has 7 nitrogen and oxygen atoms in total. The first kappa shape index (κ1) is 23.3. The number of hydrogen-bond donors (Lipinski definition) is 2. The fourth-order valence-corrected chi connectivity index (χ4v) is 3.95. The zero-order valence-corrected chi connectivity index (χ0v) is 19.8. The molecule has 0 aliphatic heterocycles. The van der Waals surface area contributed by atoms with Crippen molar-refractivity contribution in [2.75, 3.05) is 16.4 Å². The molecule has 0 radical (unpaired) electrons. The fraction of sp³-hybridized carbons (Fsp3) is 0.154. The molecule has 0 bridgehead atoms. The van der Waals surface area contributed by atoms with E-state index < -0.39 is 0 Å². The standard InChI is InChI=1S/C26H25N5O2S/c1-18(2)25(33)28-21-15-13-19(14-16-21)24-29-30-26(31(24)22-11-7-4-8-12-22)34-17-23(32)27-20-9-5-3-6-10-20/h3-16,18H,17H2,1-2H3,(H,27,32)(H,28,33). The van der Waals surface area contributed by atoms with E-state index in [1.807, 2.05) is 103 Å². The van der Waals surface area contributed by atoms with E-state index in [-0.39, 0.29) is 23.5 Å².